The highest BCUT2D eigenvalue weighted by molar-refractivity contribution is 5.73. The highest BCUT2D eigenvalue weighted by Crippen LogP contribution is 2.24. The van der Waals surface area contributed by atoms with Crippen molar-refractivity contribution in [1.82, 2.24) is 0 Å². The maximum Gasteiger partial charge on any atom is 0.309 e. The van der Waals surface area contributed by atoms with E-state index in [2.05, 4.69) is 20.8 Å². The molecule has 0 unspecified atom stereocenters. The van der Waals surface area contributed by atoms with E-state index in [-0.39, 0.29) is 17.5 Å². The van der Waals surface area contributed by atoms with Crippen LogP contribution in [0.2, 0.25) is 0 Å². The number of rotatable bonds is 6. The van der Waals surface area contributed by atoms with E-state index in [0.29, 0.717) is 5.92 Å². The summed E-state index contributed by atoms with van der Waals surface area (Å²) in [4.78, 5) is 12.0. The van der Waals surface area contributed by atoms with Crippen molar-refractivity contribution < 1.29 is 9.53 Å². The summed E-state index contributed by atoms with van der Waals surface area (Å²) in [7, 11) is 0. The van der Waals surface area contributed by atoms with Crippen molar-refractivity contribution in [3.05, 3.63) is 0 Å². The topological polar surface area (TPSA) is 26.3 Å². The Hall–Kier alpha value is -0.530. The molecule has 0 spiro atoms. The van der Waals surface area contributed by atoms with Gasteiger partial charge in [-0.05, 0) is 33.1 Å². The minimum Gasteiger partial charge on any atom is -0.460 e. The van der Waals surface area contributed by atoms with Gasteiger partial charge >= 0.3 is 5.97 Å². The van der Waals surface area contributed by atoms with Crippen molar-refractivity contribution in [1.29, 1.82) is 0 Å². The molecule has 0 aromatic carbocycles. The number of carbonyl (C=O) groups excluding carboxylic acids is 1. The smallest absolute Gasteiger partial charge is 0.309 e. The molecule has 16 heavy (non-hydrogen) atoms. The van der Waals surface area contributed by atoms with Crippen LogP contribution in [0.4, 0.5) is 0 Å². The Morgan fingerprint density at radius 2 is 1.81 bits per heavy atom. The zero-order valence-electron chi connectivity index (χ0n) is 11.8. The standard InChI is InChI=1S/C14H28O2/c1-7-9-10-12(11(3)8-2)13(15)16-14(4,5)6/h11-12H,7-10H2,1-6H3/t11-,12+/m0/s1. The Kier molecular flexibility index (Phi) is 6.70. The van der Waals surface area contributed by atoms with Gasteiger partial charge in [-0.3, -0.25) is 4.79 Å². The fraction of sp³-hybridized carbons (Fsp3) is 0.929. The van der Waals surface area contributed by atoms with Crippen LogP contribution in [0.1, 0.15) is 67.2 Å². The Morgan fingerprint density at radius 3 is 2.19 bits per heavy atom. The summed E-state index contributed by atoms with van der Waals surface area (Å²) < 4.78 is 5.48. The summed E-state index contributed by atoms with van der Waals surface area (Å²) in [6.07, 6.45) is 4.23. The first-order chi connectivity index (χ1) is 7.31. The number of ether oxygens (including phenoxy) is 1. The maximum atomic E-state index is 12.0. The van der Waals surface area contributed by atoms with Crippen LogP contribution in [0, 0.1) is 11.8 Å². The quantitative estimate of drug-likeness (QED) is 0.637. The first-order valence-electron chi connectivity index (χ1n) is 6.54. The predicted octanol–water partition coefficient (Wildman–Crippen LogP) is 4.18. The third-order valence-corrected chi connectivity index (χ3v) is 2.91. The Bertz CT molecular complexity index is 203. The van der Waals surface area contributed by atoms with Crippen LogP contribution in [0.3, 0.4) is 0 Å². The van der Waals surface area contributed by atoms with E-state index >= 15 is 0 Å². The molecular weight excluding hydrogens is 200 g/mol. The molecule has 0 aromatic heterocycles. The van der Waals surface area contributed by atoms with E-state index in [1.165, 1.54) is 0 Å². The molecule has 2 nitrogen and oxygen atoms in total. The molecule has 0 radical (unpaired) electrons. The number of carbonyl (C=O) groups is 1. The van der Waals surface area contributed by atoms with Gasteiger partial charge in [-0.15, -0.1) is 0 Å². The highest BCUT2D eigenvalue weighted by Gasteiger charge is 2.28. The summed E-state index contributed by atoms with van der Waals surface area (Å²) in [5.41, 5.74) is -0.366. The average Bonchev–Trinajstić information content (AvgIpc) is 2.15. The monoisotopic (exact) mass is 228 g/mol. The summed E-state index contributed by atoms with van der Waals surface area (Å²) >= 11 is 0. The molecule has 96 valence electrons. The van der Waals surface area contributed by atoms with Gasteiger partial charge < -0.3 is 4.74 Å². The van der Waals surface area contributed by atoms with Gasteiger partial charge in [0.2, 0.25) is 0 Å². The highest BCUT2D eigenvalue weighted by atomic mass is 16.6. The fourth-order valence-corrected chi connectivity index (χ4v) is 1.72. The van der Waals surface area contributed by atoms with Crippen molar-refractivity contribution in [2.45, 2.75) is 72.8 Å². The molecule has 2 atom stereocenters. The molecular formula is C14H28O2. The van der Waals surface area contributed by atoms with Crippen molar-refractivity contribution in [2.75, 3.05) is 0 Å². The molecule has 0 fully saturated rings. The SMILES string of the molecule is CCCC[C@@H](C(=O)OC(C)(C)C)[C@@H](C)CC. The van der Waals surface area contributed by atoms with Crippen LogP contribution in [-0.4, -0.2) is 11.6 Å². The first-order valence-corrected chi connectivity index (χ1v) is 6.54. The second-order valence-corrected chi connectivity index (χ2v) is 5.67. The molecule has 0 bridgehead atoms. The molecule has 2 heteroatoms. The van der Waals surface area contributed by atoms with E-state index in [9.17, 15) is 4.79 Å². The van der Waals surface area contributed by atoms with Crippen molar-refractivity contribution in [3.63, 3.8) is 0 Å². The Labute approximate surface area is 101 Å². The van der Waals surface area contributed by atoms with Gasteiger partial charge in [0.25, 0.3) is 0 Å². The van der Waals surface area contributed by atoms with Gasteiger partial charge in [0, 0.05) is 0 Å². The summed E-state index contributed by atoms with van der Waals surface area (Å²) in [5.74, 6) is 0.473. The van der Waals surface area contributed by atoms with Crippen LogP contribution < -0.4 is 0 Å². The lowest BCUT2D eigenvalue weighted by molar-refractivity contribution is -0.162. The maximum absolute atomic E-state index is 12.0. The van der Waals surface area contributed by atoms with Gasteiger partial charge in [0.1, 0.15) is 5.60 Å². The zero-order chi connectivity index (χ0) is 12.8. The number of esters is 1. The van der Waals surface area contributed by atoms with Gasteiger partial charge in [-0.1, -0.05) is 40.0 Å². The van der Waals surface area contributed by atoms with Gasteiger partial charge in [-0.25, -0.2) is 0 Å². The Balaban J connectivity index is 4.43. The molecule has 0 amide bonds. The normalized spacial score (nSPS) is 15.6. The molecule has 0 rings (SSSR count). The van der Waals surface area contributed by atoms with E-state index in [0.717, 1.165) is 25.7 Å². The zero-order valence-corrected chi connectivity index (χ0v) is 11.8. The van der Waals surface area contributed by atoms with Crippen molar-refractivity contribution in [2.24, 2.45) is 11.8 Å². The Morgan fingerprint density at radius 1 is 1.25 bits per heavy atom. The fourth-order valence-electron chi connectivity index (χ4n) is 1.72. The van der Waals surface area contributed by atoms with E-state index in [4.69, 9.17) is 4.74 Å². The lowest BCUT2D eigenvalue weighted by Gasteiger charge is -2.26. The van der Waals surface area contributed by atoms with Gasteiger partial charge in [0.15, 0.2) is 0 Å². The molecule has 0 aliphatic heterocycles. The van der Waals surface area contributed by atoms with Crippen molar-refractivity contribution >= 4 is 5.97 Å². The van der Waals surface area contributed by atoms with E-state index < -0.39 is 0 Å². The number of hydrogen-bond acceptors (Lipinski definition) is 2. The molecule has 0 saturated heterocycles. The lowest BCUT2D eigenvalue weighted by Crippen LogP contribution is -2.31. The minimum absolute atomic E-state index is 0.0182. The second kappa shape index (κ2) is 6.93. The van der Waals surface area contributed by atoms with Gasteiger partial charge in [-0.2, -0.15) is 0 Å². The van der Waals surface area contributed by atoms with Crippen LogP contribution >= 0.6 is 0 Å². The van der Waals surface area contributed by atoms with Crippen molar-refractivity contribution in [3.8, 4) is 0 Å². The average molecular weight is 228 g/mol. The molecule has 0 aliphatic rings. The largest absolute Gasteiger partial charge is 0.460 e. The van der Waals surface area contributed by atoms with Gasteiger partial charge in [0.05, 0.1) is 5.92 Å². The summed E-state index contributed by atoms with van der Waals surface area (Å²) in [6, 6.07) is 0. The molecule has 0 N–H and O–H groups in total. The van der Waals surface area contributed by atoms with Crippen LogP contribution in [0.15, 0.2) is 0 Å². The third-order valence-electron chi connectivity index (χ3n) is 2.91. The van der Waals surface area contributed by atoms with Crippen LogP contribution in [0.25, 0.3) is 0 Å². The number of unbranched alkanes of at least 4 members (excludes halogenated alkanes) is 1. The second-order valence-electron chi connectivity index (χ2n) is 5.67. The van der Waals surface area contributed by atoms with E-state index in [1.54, 1.807) is 0 Å². The molecule has 0 saturated carbocycles. The third kappa shape index (κ3) is 6.14. The van der Waals surface area contributed by atoms with E-state index in [1.807, 2.05) is 20.8 Å². The summed E-state index contributed by atoms with van der Waals surface area (Å²) in [6.45, 7) is 12.2. The minimum atomic E-state index is -0.366. The van der Waals surface area contributed by atoms with Crippen LogP contribution in [-0.2, 0) is 9.53 Å². The first kappa shape index (κ1) is 15.5. The summed E-state index contributed by atoms with van der Waals surface area (Å²) in [5, 5.41) is 0. The van der Waals surface area contributed by atoms with Crippen LogP contribution in [0.5, 0.6) is 0 Å². The molecule has 0 aliphatic carbocycles. The molecule has 0 heterocycles. The predicted molar refractivity (Wildman–Crippen MR) is 68.3 cm³/mol. The molecule has 0 aromatic rings. The number of hydrogen-bond donors (Lipinski definition) is 0. The lowest BCUT2D eigenvalue weighted by atomic mass is 9.87.